The van der Waals surface area contributed by atoms with E-state index in [9.17, 15) is 4.21 Å². The smallest absolute Gasteiger partial charge is 0.228 e. The first kappa shape index (κ1) is 18.5. The van der Waals surface area contributed by atoms with Crippen molar-refractivity contribution in [2.45, 2.75) is 30.8 Å². The van der Waals surface area contributed by atoms with Gasteiger partial charge in [0, 0.05) is 48.3 Å². The van der Waals surface area contributed by atoms with Crippen molar-refractivity contribution in [3.63, 3.8) is 0 Å². The maximum atomic E-state index is 12.7. The lowest BCUT2D eigenvalue weighted by molar-refractivity contribution is 0.683. The number of aryl methyl sites for hydroxylation is 1. The summed E-state index contributed by atoms with van der Waals surface area (Å²) in [5.74, 6) is 2.24. The summed E-state index contributed by atoms with van der Waals surface area (Å²) >= 11 is 0. The molecule has 3 aromatic rings. The molecule has 0 aliphatic carbocycles. The van der Waals surface area contributed by atoms with Crippen LogP contribution in [-0.4, -0.2) is 45.6 Å². The van der Waals surface area contributed by atoms with E-state index in [4.69, 9.17) is 15.7 Å². The van der Waals surface area contributed by atoms with Crippen LogP contribution in [0.15, 0.2) is 47.4 Å². The van der Waals surface area contributed by atoms with Gasteiger partial charge < -0.3 is 15.5 Å². The molecule has 6 nitrogen and oxygen atoms in total. The van der Waals surface area contributed by atoms with E-state index < -0.39 is 10.8 Å². The van der Waals surface area contributed by atoms with Crippen molar-refractivity contribution in [1.29, 1.82) is 0 Å². The summed E-state index contributed by atoms with van der Waals surface area (Å²) in [6.45, 7) is 5.14. The summed E-state index contributed by atoms with van der Waals surface area (Å²) in [4.78, 5) is 15.3. The van der Waals surface area contributed by atoms with Crippen LogP contribution < -0.4 is 15.5 Å². The minimum Gasteiger partial charge on any atom is -0.354 e. The Bertz CT molecular complexity index is 1100. The minimum absolute atomic E-state index is 0.181. The van der Waals surface area contributed by atoms with E-state index in [1.807, 2.05) is 18.2 Å². The van der Waals surface area contributed by atoms with Gasteiger partial charge in [0.15, 0.2) is 0 Å². The van der Waals surface area contributed by atoms with Crippen LogP contribution in [-0.2, 0) is 17.3 Å². The summed E-state index contributed by atoms with van der Waals surface area (Å²) in [5.41, 5.74) is 9.39. The van der Waals surface area contributed by atoms with Crippen LogP contribution in [0.4, 0.5) is 11.8 Å². The fourth-order valence-electron chi connectivity index (χ4n) is 4.19. The SMILES string of the molecule is Cc1ccc2nc(N3CCS(=O)c4ccccc4C3)nc(N3CCC(N)C3)c2c1. The van der Waals surface area contributed by atoms with Crippen LogP contribution in [0.2, 0.25) is 0 Å². The second kappa shape index (κ2) is 7.39. The molecule has 3 heterocycles. The van der Waals surface area contributed by atoms with Crippen molar-refractivity contribution in [3.05, 3.63) is 53.6 Å². The highest BCUT2D eigenvalue weighted by atomic mass is 32.2. The third kappa shape index (κ3) is 3.49. The van der Waals surface area contributed by atoms with Crippen LogP contribution in [0.25, 0.3) is 10.9 Å². The van der Waals surface area contributed by atoms with Gasteiger partial charge in [0.1, 0.15) is 5.82 Å². The average Bonchev–Trinajstić information content (AvgIpc) is 3.08. The lowest BCUT2D eigenvalue weighted by atomic mass is 10.1. The number of hydrogen-bond acceptors (Lipinski definition) is 6. The minimum atomic E-state index is -0.993. The van der Waals surface area contributed by atoms with Gasteiger partial charge in [-0.1, -0.05) is 29.8 Å². The molecular formula is C22H25N5OS. The summed E-state index contributed by atoms with van der Waals surface area (Å²) in [7, 11) is -0.993. The number of benzene rings is 2. The zero-order chi connectivity index (χ0) is 20.0. The molecule has 1 aromatic heterocycles. The topological polar surface area (TPSA) is 75.4 Å². The van der Waals surface area contributed by atoms with Crippen LogP contribution in [0.5, 0.6) is 0 Å². The number of fused-ring (bicyclic) bond motifs is 2. The maximum absolute atomic E-state index is 12.7. The molecule has 0 bridgehead atoms. The molecule has 0 amide bonds. The van der Waals surface area contributed by atoms with Gasteiger partial charge in [-0.2, -0.15) is 4.98 Å². The largest absolute Gasteiger partial charge is 0.354 e. The van der Waals surface area contributed by atoms with Crippen LogP contribution in [0.1, 0.15) is 17.5 Å². The maximum Gasteiger partial charge on any atom is 0.228 e. The van der Waals surface area contributed by atoms with Gasteiger partial charge in [0.05, 0.1) is 16.3 Å². The number of nitrogens with zero attached hydrogens (tertiary/aromatic N) is 4. The number of rotatable bonds is 2. The highest BCUT2D eigenvalue weighted by molar-refractivity contribution is 7.85. The van der Waals surface area contributed by atoms with E-state index >= 15 is 0 Å². The first-order valence-electron chi connectivity index (χ1n) is 10.1. The molecular weight excluding hydrogens is 382 g/mol. The molecule has 0 spiro atoms. The first-order valence-corrected chi connectivity index (χ1v) is 11.4. The molecule has 0 saturated carbocycles. The Labute approximate surface area is 173 Å². The molecule has 0 radical (unpaired) electrons. The lowest BCUT2D eigenvalue weighted by Crippen LogP contribution is -2.30. The Morgan fingerprint density at radius 2 is 1.97 bits per heavy atom. The molecule has 5 rings (SSSR count). The zero-order valence-corrected chi connectivity index (χ0v) is 17.4. The van der Waals surface area contributed by atoms with E-state index in [2.05, 4.69) is 41.0 Å². The molecule has 150 valence electrons. The van der Waals surface area contributed by atoms with Gasteiger partial charge in [-0.15, -0.1) is 0 Å². The normalized spacial score (nSPS) is 22.0. The summed E-state index contributed by atoms with van der Waals surface area (Å²) < 4.78 is 12.7. The standard InChI is InChI=1S/C22H25N5OS/c1-15-6-7-19-18(12-15)21(26-9-8-17(23)14-26)25-22(24-19)27-10-11-29(28)20-5-3-2-4-16(20)13-27/h2-7,12,17H,8-11,13-14,23H2,1H3. The molecule has 7 heteroatoms. The predicted octanol–water partition coefficient (Wildman–Crippen LogP) is 2.60. The van der Waals surface area contributed by atoms with Crippen LogP contribution in [0, 0.1) is 6.92 Å². The monoisotopic (exact) mass is 407 g/mol. The quantitative estimate of drug-likeness (QED) is 0.704. The Morgan fingerprint density at radius 3 is 2.79 bits per heavy atom. The Hall–Kier alpha value is -2.51. The van der Waals surface area contributed by atoms with Crippen LogP contribution >= 0.6 is 0 Å². The highest BCUT2D eigenvalue weighted by Gasteiger charge is 2.26. The van der Waals surface area contributed by atoms with Gasteiger partial charge in [0.25, 0.3) is 0 Å². The summed E-state index contributed by atoms with van der Waals surface area (Å²) in [6.07, 6.45) is 0.975. The Balaban J connectivity index is 1.60. The van der Waals surface area contributed by atoms with Gasteiger partial charge in [0.2, 0.25) is 5.95 Å². The zero-order valence-electron chi connectivity index (χ0n) is 16.5. The van der Waals surface area contributed by atoms with Crippen molar-refractivity contribution in [3.8, 4) is 0 Å². The van der Waals surface area contributed by atoms with E-state index in [-0.39, 0.29) is 6.04 Å². The highest BCUT2D eigenvalue weighted by Crippen LogP contribution is 2.31. The lowest BCUT2D eigenvalue weighted by Gasteiger charge is -2.25. The van der Waals surface area contributed by atoms with Gasteiger partial charge in [-0.3, -0.25) is 4.21 Å². The second-order valence-corrected chi connectivity index (χ2v) is 9.48. The molecule has 2 aromatic carbocycles. The summed E-state index contributed by atoms with van der Waals surface area (Å²) in [6, 6.07) is 14.5. The number of hydrogen-bond donors (Lipinski definition) is 1. The van der Waals surface area contributed by atoms with Gasteiger partial charge in [-0.25, -0.2) is 4.98 Å². The Kier molecular flexibility index (Phi) is 4.72. The van der Waals surface area contributed by atoms with Gasteiger partial charge in [-0.05, 0) is 37.1 Å². The summed E-state index contributed by atoms with van der Waals surface area (Å²) in [5, 5.41) is 1.07. The second-order valence-electron chi connectivity index (χ2n) is 7.94. The fourth-order valence-corrected chi connectivity index (χ4v) is 5.45. The fraction of sp³-hybridized carbons (Fsp3) is 0.364. The first-order chi connectivity index (χ1) is 14.1. The van der Waals surface area contributed by atoms with E-state index in [0.717, 1.165) is 46.7 Å². The number of nitrogens with two attached hydrogens (primary N) is 1. The van der Waals surface area contributed by atoms with Crippen molar-refractivity contribution >= 4 is 33.5 Å². The molecule has 29 heavy (non-hydrogen) atoms. The average molecular weight is 408 g/mol. The van der Waals surface area contributed by atoms with Gasteiger partial charge >= 0.3 is 0 Å². The van der Waals surface area contributed by atoms with Crippen molar-refractivity contribution in [2.75, 3.05) is 35.2 Å². The van der Waals surface area contributed by atoms with Crippen LogP contribution in [0.3, 0.4) is 0 Å². The molecule has 2 aliphatic rings. The molecule has 2 atom stereocenters. The van der Waals surface area contributed by atoms with Crippen molar-refractivity contribution < 1.29 is 4.21 Å². The van der Waals surface area contributed by atoms with E-state index in [1.54, 1.807) is 0 Å². The molecule has 2 N–H and O–H groups in total. The molecule has 1 fully saturated rings. The van der Waals surface area contributed by atoms with E-state index in [1.165, 1.54) is 5.56 Å². The van der Waals surface area contributed by atoms with E-state index in [0.29, 0.717) is 24.8 Å². The number of aromatic nitrogens is 2. The third-order valence-corrected chi connectivity index (χ3v) is 7.19. The Morgan fingerprint density at radius 1 is 1.10 bits per heavy atom. The predicted molar refractivity (Wildman–Crippen MR) is 118 cm³/mol. The molecule has 1 saturated heterocycles. The molecule has 2 unspecified atom stereocenters. The third-order valence-electron chi connectivity index (χ3n) is 5.75. The van der Waals surface area contributed by atoms with Crippen molar-refractivity contribution in [1.82, 2.24) is 9.97 Å². The number of anilines is 2. The van der Waals surface area contributed by atoms with Crippen molar-refractivity contribution in [2.24, 2.45) is 5.73 Å². The molecule has 2 aliphatic heterocycles.